The van der Waals surface area contributed by atoms with Crippen molar-refractivity contribution in [2.75, 3.05) is 0 Å². The smallest absolute Gasteiger partial charge is 0.124 e. The Balaban J connectivity index is 2.90. The Kier molecular flexibility index (Phi) is 1.68. The van der Waals surface area contributed by atoms with E-state index in [1.54, 1.807) is 6.26 Å². The summed E-state index contributed by atoms with van der Waals surface area (Å²) in [6.07, 6.45) is 3.57. The van der Waals surface area contributed by atoms with Crippen LogP contribution >= 0.6 is 0 Å². The van der Waals surface area contributed by atoms with Crippen LogP contribution in [0.25, 0.3) is 5.57 Å². The lowest BCUT2D eigenvalue weighted by molar-refractivity contribution is 0.417. The number of allylic oxidation sites excluding steroid dienone is 2. The van der Waals surface area contributed by atoms with E-state index in [4.69, 9.17) is 0 Å². The van der Waals surface area contributed by atoms with Crippen molar-refractivity contribution in [3.63, 3.8) is 0 Å². The first-order chi connectivity index (χ1) is 4.34. The fourth-order valence-corrected chi connectivity index (χ4v) is 0.564. The zero-order valence-electron chi connectivity index (χ0n) is 5.59. The topological polar surface area (TPSA) is 26.0 Å². The van der Waals surface area contributed by atoms with Crippen LogP contribution in [0, 0.1) is 0 Å². The first kappa shape index (κ1) is 6.08. The van der Waals surface area contributed by atoms with E-state index in [0.717, 1.165) is 11.3 Å². The van der Waals surface area contributed by atoms with Crippen LogP contribution in [-0.2, 0) is 0 Å². The van der Waals surface area contributed by atoms with Gasteiger partial charge in [0.05, 0.1) is 0 Å². The molecular formula is C7H9NO. The van der Waals surface area contributed by atoms with Crippen LogP contribution in [0.4, 0.5) is 0 Å². The molecule has 1 aromatic rings. The SMILES string of the molecule is C/C=C(\C)c1ccon1. The molecule has 0 N–H and O–H groups in total. The van der Waals surface area contributed by atoms with Crippen LogP contribution in [0.3, 0.4) is 0 Å². The van der Waals surface area contributed by atoms with E-state index >= 15 is 0 Å². The quantitative estimate of drug-likeness (QED) is 0.571. The standard InChI is InChI=1S/C7H9NO/c1-3-6(2)7-4-5-9-8-7/h3-5H,1-2H3/b6-3+. The summed E-state index contributed by atoms with van der Waals surface area (Å²) in [5, 5.41) is 3.74. The van der Waals surface area contributed by atoms with E-state index in [1.807, 2.05) is 26.0 Å². The summed E-state index contributed by atoms with van der Waals surface area (Å²) in [7, 11) is 0. The summed E-state index contributed by atoms with van der Waals surface area (Å²) < 4.78 is 4.65. The van der Waals surface area contributed by atoms with E-state index < -0.39 is 0 Å². The Bertz CT molecular complexity index is 199. The first-order valence-electron chi connectivity index (χ1n) is 2.88. The van der Waals surface area contributed by atoms with Gasteiger partial charge in [-0.05, 0) is 19.4 Å². The van der Waals surface area contributed by atoms with Gasteiger partial charge in [0.1, 0.15) is 12.0 Å². The summed E-state index contributed by atoms with van der Waals surface area (Å²) in [6, 6.07) is 1.84. The molecule has 0 bridgehead atoms. The van der Waals surface area contributed by atoms with Crippen molar-refractivity contribution in [2.24, 2.45) is 0 Å². The van der Waals surface area contributed by atoms with Crippen LogP contribution < -0.4 is 0 Å². The third-order valence-electron chi connectivity index (χ3n) is 1.27. The lowest BCUT2D eigenvalue weighted by Crippen LogP contribution is -1.74. The summed E-state index contributed by atoms with van der Waals surface area (Å²) in [5.74, 6) is 0. The highest BCUT2D eigenvalue weighted by atomic mass is 16.5. The van der Waals surface area contributed by atoms with E-state index in [9.17, 15) is 0 Å². The van der Waals surface area contributed by atoms with Gasteiger partial charge in [-0.15, -0.1) is 0 Å². The molecule has 48 valence electrons. The fraction of sp³-hybridized carbons (Fsp3) is 0.286. The number of hydrogen-bond donors (Lipinski definition) is 0. The monoisotopic (exact) mass is 123 g/mol. The Hall–Kier alpha value is -1.05. The predicted octanol–water partition coefficient (Wildman–Crippen LogP) is 2.10. The summed E-state index contributed by atoms with van der Waals surface area (Å²) in [6.45, 7) is 3.97. The molecule has 1 heterocycles. The second-order valence-electron chi connectivity index (χ2n) is 1.86. The van der Waals surface area contributed by atoms with Crippen LogP contribution in [0.2, 0.25) is 0 Å². The van der Waals surface area contributed by atoms with Gasteiger partial charge in [-0.3, -0.25) is 0 Å². The van der Waals surface area contributed by atoms with E-state index in [1.165, 1.54) is 0 Å². The van der Waals surface area contributed by atoms with Crippen LogP contribution in [0.1, 0.15) is 19.5 Å². The van der Waals surface area contributed by atoms with Gasteiger partial charge in [0.25, 0.3) is 0 Å². The third-order valence-corrected chi connectivity index (χ3v) is 1.27. The van der Waals surface area contributed by atoms with Crippen molar-refractivity contribution < 1.29 is 4.52 Å². The van der Waals surface area contributed by atoms with Gasteiger partial charge in [0, 0.05) is 6.07 Å². The maximum atomic E-state index is 4.65. The van der Waals surface area contributed by atoms with E-state index in [-0.39, 0.29) is 0 Å². The predicted molar refractivity (Wildman–Crippen MR) is 35.8 cm³/mol. The van der Waals surface area contributed by atoms with Crippen molar-refractivity contribution >= 4 is 5.57 Å². The average molecular weight is 123 g/mol. The fourth-order valence-electron chi connectivity index (χ4n) is 0.564. The Labute approximate surface area is 54.2 Å². The minimum absolute atomic E-state index is 0.914. The molecule has 0 radical (unpaired) electrons. The van der Waals surface area contributed by atoms with Crippen molar-refractivity contribution in [1.29, 1.82) is 0 Å². The van der Waals surface area contributed by atoms with Crippen LogP contribution in [0.15, 0.2) is 22.9 Å². The van der Waals surface area contributed by atoms with Gasteiger partial charge >= 0.3 is 0 Å². The van der Waals surface area contributed by atoms with Crippen molar-refractivity contribution in [1.82, 2.24) is 5.16 Å². The first-order valence-corrected chi connectivity index (χ1v) is 2.88. The molecule has 0 aliphatic rings. The molecule has 2 nitrogen and oxygen atoms in total. The molecule has 0 aromatic carbocycles. The van der Waals surface area contributed by atoms with Crippen molar-refractivity contribution in [2.45, 2.75) is 13.8 Å². The number of nitrogens with zero attached hydrogens (tertiary/aromatic N) is 1. The van der Waals surface area contributed by atoms with Gasteiger partial charge in [-0.2, -0.15) is 0 Å². The minimum atomic E-state index is 0.914. The lowest BCUT2D eigenvalue weighted by atomic mass is 10.2. The van der Waals surface area contributed by atoms with Crippen LogP contribution in [0.5, 0.6) is 0 Å². The van der Waals surface area contributed by atoms with Crippen LogP contribution in [-0.4, -0.2) is 5.16 Å². The summed E-state index contributed by atoms with van der Waals surface area (Å²) >= 11 is 0. The Morgan fingerprint density at radius 1 is 1.78 bits per heavy atom. The molecule has 0 aliphatic carbocycles. The third kappa shape index (κ3) is 1.19. The number of rotatable bonds is 1. The Morgan fingerprint density at radius 2 is 2.56 bits per heavy atom. The molecule has 9 heavy (non-hydrogen) atoms. The molecule has 1 rings (SSSR count). The number of hydrogen-bond acceptors (Lipinski definition) is 2. The average Bonchev–Trinajstić information content (AvgIpc) is 2.37. The molecule has 0 spiro atoms. The molecule has 1 aromatic heterocycles. The van der Waals surface area contributed by atoms with E-state index in [0.29, 0.717) is 0 Å². The molecule has 0 amide bonds. The highest BCUT2D eigenvalue weighted by Crippen LogP contribution is 2.08. The molecule has 0 unspecified atom stereocenters. The minimum Gasteiger partial charge on any atom is -0.364 e. The number of aromatic nitrogens is 1. The highest BCUT2D eigenvalue weighted by Gasteiger charge is 1.94. The maximum Gasteiger partial charge on any atom is 0.124 e. The molecule has 0 atom stereocenters. The lowest BCUT2D eigenvalue weighted by Gasteiger charge is -1.87. The largest absolute Gasteiger partial charge is 0.364 e. The van der Waals surface area contributed by atoms with Crippen molar-refractivity contribution in [3.8, 4) is 0 Å². The highest BCUT2D eigenvalue weighted by molar-refractivity contribution is 5.58. The molecule has 0 aliphatic heterocycles. The van der Waals surface area contributed by atoms with Gasteiger partial charge in [0.2, 0.25) is 0 Å². The van der Waals surface area contributed by atoms with E-state index in [2.05, 4.69) is 9.68 Å². The molecule has 0 fully saturated rings. The second-order valence-corrected chi connectivity index (χ2v) is 1.86. The van der Waals surface area contributed by atoms with Crippen molar-refractivity contribution in [3.05, 3.63) is 24.1 Å². The normalized spacial score (nSPS) is 12.0. The molecule has 0 saturated heterocycles. The second kappa shape index (κ2) is 2.49. The molecular weight excluding hydrogens is 114 g/mol. The van der Waals surface area contributed by atoms with Gasteiger partial charge in [0.15, 0.2) is 0 Å². The molecule has 2 heteroatoms. The summed E-state index contributed by atoms with van der Waals surface area (Å²) in [5.41, 5.74) is 2.06. The van der Waals surface area contributed by atoms with Gasteiger partial charge in [-0.25, -0.2) is 0 Å². The van der Waals surface area contributed by atoms with Gasteiger partial charge < -0.3 is 4.52 Å². The Morgan fingerprint density at radius 3 is 3.00 bits per heavy atom. The molecule has 0 saturated carbocycles. The summed E-state index contributed by atoms with van der Waals surface area (Å²) in [4.78, 5) is 0. The maximum absolute atomic E-state index is 4.65. The van der Waals surface area contributed by atoms with Gasteiger partial charge in [-0.1, -0.05) is 11.2 Å². The zero-order valence-corrected chi connectivity index (χ0v) is 5.59. The zero-order chi connectivity index (χ0) is 6.69.